The van der Waals surface area contributed by atoms with Crippen LogP contribution < -0.4 is 0 Å². The van der Waals surface area contributed by atoms with Gasteiger partial charge in [0, 0.05) is 22.7 Å². The van der Waals surface area contributed by atoms with Gasteiger partial charge >= 0.3 is 0 Å². The maximum Gasteiger partial charge on any atom is 0.187 e. The number of halogens is 3. The number of aromatic nitrogens is 5. The van der Waals surface area contributed by atoms with Gasteiger partial charge in [-0.25, -0.2) is 23.4 Å². The SMILES string of the molecule is N#Cc1ncc(Cl)cc1S[C@H]1OC(CO)[C@H](O)C(n2cc(-c3nccs3)nn2)C1OCc1cc(F)c(O)c(F)c1. The molecule has 0 spiro atoms. The third kappa shape index (κ3) is 5.79. The van der Waals surface area contributed by atoms with Gasteiger partial charge in [0.05, 0.1) is 24.4 Å². The van der Waals surface area contributed by atoms with E-state index in [1.165, 1.54) is 28.3 Å². The monoisotopic (exact) mass is 608 g/mol. The molecule has 16 heteroatoms. The molecule has 0 amide bonds. The fourth-order valence-electron chi connectivity index (χ4n) is 4.12. The summed E-state index contributed by atoms with van der Waals surface area (Å²) in [5.74, 6) is -3.46. The van der Waals surface area contributed by atoms with Gasteiger partial charge in [-0.3, -0.25) is 0 Å². The molecule has 40 heavy (non-hydrogen) atoms. The zero-order valence-electron chi connectivity index (χ0n) is 20.1. The van der Waals surface area contributed by atoms with E-state index in [-0.39, 0.29) is 22.9 Å². The Morgan fingerprint density at radius 2 is 2.02 bits per heavy atom. The molecule has 0 radical (unpaired) electrons. The number of phenolic OH excluding ortho intramolecular Hbond substituents is 1. The number of thiazole rings is 1. The fraction of sp³-hybridized carbons (Fsp3) is 0.292. The second-order valence-corrected chi connectivity index (χ2v) is 11.0. The van der Waals surface area contributed by atoms with Crippen molar-refractivity contribution in [2.75, 3.05) is 6.61 Å². The van der Waals surface area contributed by atoms with Crippen LogP contribution in [0.1, 0.15) is 17.3 Å². The van der Waals surface area contributed by atoms with Gasteiger partial charge in [0.2, 0.25) is 0 Å². The molecule has 4 aromatic rings. The van der Waals surface area contributed by atoms with Crippen molar-refractivity contribution in [1.82, 2.24) is 25.0 Å². The van der Waals surface area contributed by atoms with Crippen molar-refractivity contribution < 1.29 is 33.6 Å². The van der Waals surface area contributed by atoms with Crippen LogP contribution in [0.5, 0.6) is 5.75 Å². The average Bonchev–Trinajstić information content (AvgIpc) is 3.64. The molecule has 3 unspecified atom stereocenters. The molecule has 5 atom stereocenters. The number of benzene rings is 1. The maximum absolute atomic E-state index is 14.0. The molecule has 1 fully saturated rings. The molecule has 3 aromatic heterocycles. The Labute approximate surface area is 238 Å². The van der Waals surface area contributed by atoms with Crippen molar-refractivity contribution in [3.63, 3.8) is 0 Å². The van der Waals surface area contributed by atoms with Gasteiger partial charge in [-0.2, -0.15) is 5.26 Å². The second-order valence-electron chi connectivity index (χ2n) is 8.54. The van der Waals surface area contributed by atoms with E-state index in [1.54, 1.807) is 17.8 Å². The number of ether oxygens (including phenoxy) is 2. The minimum Gasteiger partial charge on any atom is -0.503 e. The summed E-state index contributed by atoms with van der Waals surface area (Å²) in [5, 5.41) is 51.1. The van der Waals surface area contributed by atoms with Crippen LogP contribution in [0.2, 0.25) is 5.02 Å². The van der Waals surface area contributed by atoms with Gasteiger partial charge in [0.25, 0.3) is 0 Å². The molecule has 11 nitrogen and oxygen atoms in total. The molecule has 1 aliphatic rings. The lowest BCUT2D eigenvalue weighted by Gasteiger charge is -2.43. The van der Waals surface area contributed by atoms with E-state index in [0.717, 1.165) is 23.9 Å². The van der Waals surface area contributed by atoms with Crippen molar-refractivity contribution in [2.45, 2.75) is 41.3 Å². The Morgan fingerprint density at radius 1 is 1.25 bits per heavy atom. The minimum atomic E-state index is -1.36. The van der Waals surface area contributed by atoms with Crippen LogP contribution in [-0.2, 0) is 16.1 Å². The van der Waals surface area contributed by atoms with Crippen molar-refractivity contribution in [3.05, 3.63) is 70.1 Å². The summed E-state index contributed by atoms with van der Waals surface area (Å²) in [6.07, 6.45) is 0.914. The van der Waals surface area contributed by atoms with Crippen LogP contribution in [0, 0.1) is 23.0 Å². The molecule has 0 saturated carbocycles. The van der Waals surface area contributed by atoms with Crippen LogP contribution in [0.25, 0.3) is 10.7 Å². The van der Waals surface area contributed by atoms with Gasteiger partial charge in [0.1, 0.15) is 46.6 Å². The Balaban J connectivity index is 1.54. The maximum atomic E-state index is 14.0. The Morgan fingerprint density at radius 3 is 2.70 bits per heavy atom. The summed E-state index contributed by atoms with van der Waals surface area (Å²) in [4.78, 5) is 8.57. The molecule has 0 aliphatic carbocycles. The van der Waals surface area contributed by atoms with Crippen LogP contribution >= 0.6 is 34.7 Å². The Hall–Kier alpha value is -3.23. The fourth-order valence-corrected chi connectivity index (χ4v) is 6.16. The van der Waals surface area contributed by atoms with E-state index < -0.39 is 53.8 Å². The van der Waals surface area contributed by atoms with E-state index in [1.807, 2.05) is 6.07 Å². The van der Waals surface area contributed by atoms with E-state index in [2.05, 4.69) is 20.3 Å². The summed E-state index contributed by atoms with van der Waals surface area (Å²) in [7, 11) is 0. The summed E-state index contributed by atoms with van der Waals surface area (Å²) in [6, 6.07) is 4.29. The molecule has 1 saturated heterocycles. The number of aliphatic hydroxyl groups excluding tert-OH is 2. The quantitative estimate of drug-likeness (QED) is 0.269. The van der Waals surface area contributed by atoms with Crippen LogP contribution in [0.15, 0.2) is 47.1 Å². The molecular weight excluding hydrogens is 590 g/mol. The predicted octanol–water partition coefficient (Wildman–Crippen LogP) is 3.30. The molecule has 0 bridgehead atoms. The zero-order valence-corrected chi connectivity index (χ0v) is 22.5. The molecule has 3 N–H and O–H groups in total. The lowest BCUT2D eigenvalue weighted by molar-refractivity contribution is -0.196. The van der Waals surface area contributed by atoms with Crippen molar-refractivity contribution in [3.8, 4) is 22.5 Å². The highest BCUT2D eigenvalue weighted by atomic mass is 35.5. The van der Waals surface area contributed by atoms with Gasteiger partial charge in [0.15, 0.2) is 23.1 Å². The third-order valence-corrected chi connectivity index (χ3v) is 8.16. The second kappa shape index (κ2) is 12.1. The Bertz CT molecular complexity index is 1520. The summed E-state index contributed by atoms with van der Waals surface area (Å²) >= 11 is 8.45. The van der Waals surface area contributed by atoms with Crippen molar-refractivity contribution >= 4 is 34.7 Å². The smallest absolute Gasteiger partial charge is 0.187 e. The molecule has 5 rings (SSSR count). The molecule has 208 valence electrons. The number of rotatable bonds is 8. The molecular formula is C24H19ClF2N6O5S2. The predicted molar refractivity (Wildman–Crippen MR) is 138 cm³/mol. The number of pyridine rings is 1. The van der Waals surface area contributed by atoms with Gasteiger partial charge < -0.3 is 24.8 Å². The third-order valence-electron chi connectivity index (χ3n) is 5.98. The average molecular weight is 609 g/mol. The van der Waals surface area contributed by atoms with Crippen molar-refractivity contribution in [1.29, 1.82) is 5.26 Å². The molecule has 1 aromatic carbocycles. The summed E-state index contributed by atoms with van der Waals surface area (Å²) in [5.41, 5.74) is -0.476. The number of aromatic hydroxyl groups is 1. The van der Waals surface area contributed by atoms with E-state index in [4.69, 9.17) is 21.1 Å². The van der Waals surface area contributed by atoms with Crippen LogP contribution in [0.4, 0.5) is 8.78 Å². The number of nitrogens with zero attached hydrogens (tertiary/aromatic N) is 6. The minimum absolute atomic E-state index is 0.0504. The lowest BCUT2D eigenvalue weighted by Crippen LogP contribution is -2.55. The van der Waals surface area contributed by atoms with E-state index in [0.29, 0.717) is 15.6 Å². The molecule has 4 heterocycles. The van der Waals surface area contributed by atoms with Gasteiger partial charge in [-0.05, 0) is 23.8 Å². The highest BCUT2D eigenvalue weighted by molar-refractivity contribution is 7.99. The summed E-state index contributed by atoms with van der Waals surface area (Å²) < 4.78 is 41.5. The number of nitriles is 1. The van der Waals surface area contributed by atoms with Crippen molar-refractivity contribution in [2.24, 2.45) is 0 Å². The lowest BCUT2D eigenvalue weighted by atomic mass is 9.97. The first-order valence-corrected chi connectivity index (χ1v) is 13.7. The highest BCUT2D eigenvalue weighted by Gasteiger charge is 2.48. The van der Waals surface area contributed by atoms with E-state index in [9.17, 15) is 29.4 Å². The zero-order chi connectivity index (χ0) is 28.4. The normalized spacial score (nSPS) is 22.8. The summed E-state index contributed by atoms with van der Waals surface area (Å²) in [6.45, 7) is -0.929. The standard InChI is InChI=1S/C24H19ClF2N6O5S2/c25-12-5-18(15(6-28)30-7-12)40-24-22(37-10-11-3-13(26)20(35)14(27)4-11)19(21(36)17(9-34)38-24)33-8-16(31-32-33)23-29-1-2-39-23/h1-5,7-8,17,19,21-22,24,34-36H,9-10H2/t17?,19?,21-,22?,24+/m0/s1. The van der Waals surface area contributed by atoms with Gasteiger partial charge in [-0.1, -0.05) is 28.6 Å². The first-order chi connectivity index (χ1) is 19.3. The Kier molecular flexibility index (Phi) is 8.57. The topological polar surface area (TPSA) is 159 Å². The largest absolute Gasteiger partial charge is 0.503 e. The van der Waals surface area contributed by atoms with Gasteiger partial charge in [-0.15, -0.1) is 16.4 Å². The first-order valence-electron chi connectivity index (χ1n) is 11.6. The number of phenols is 1. The molecule has 1 aliphatic heterocycles. The number of hydrogen-bond acceptors (Lipinski definition) is 12. The van der Waals surface area contributed by atoms with Crippen LogP contribution in [-0.4, -0.2) is 70.6 Å². The number of thioether (sulfide) groups is 1. The first kappa shape index (κ1) is 28.3. The van der Waals surface area contributed by atoms with Crippen LogP contribution in [0.3, 0.4) is 0 Å². The highest BCUT2D eigenvalue weighted by Crippen LogP contribution is 2.41. The van der Waals surface area contributed by atoms with E-state index >= 15 is 0 Å². The number of aliphatic hydroxyl groups is 2. The number of hydrogen-bond donors (Lipinski definition) is 3.